The number of fused-ring (bicyclic) bond motifs is 2. The molecule has 0 radical (unpaired) electrons. The smallest absolute Gasteiger partial charge is 0.267 e. The summed E-state index contributed by atoms with van der Waals surface area (Å²) in [5.41, 5.74) is 8.03. The lowest BCUT2D eigenvalue weighted by Gasteiger charge is -2.58. The van der Waals surface area contributed by atoms with E-state index in [2.05, 4.69) is 40.2 Å². The first-order chi connectivity index (χ1) is 14.6. The van der Waals surface area contributed by atoms with E-state index in [1.54, 1.807) is 6.20 Å². The van der Waals surface area contributed by atoms with E-state index in [0.717, 1.165) is 31.5 Å². The van der Waals surface area contributed by atoms with Gasteiger partial charge < -0.3 is 10.5 Å². The lowest BCUT2D eigenvalue weighted by Crippen LogP contribution is -2.62. The Labute approximate surface area is 190 Å². The number of aromatic nitrogens is 1. The van der Waals surface area contributed by atoms with Crippen molar-refractivity contribution in [2.24, 2.45) is 17.6 Å². The second-order valence-corrected chi connectivity index (χ2v) is 9.23. The van der Waals surface area contributed by atoms with Crippen LogP contribution in [0.3, 0.4) is 0 Å². The Hall–Kier alpha value is -1.95. The maximum absolute atomic E-state index is 11.7. The van der Waals surface area contributed by atoms with Gasteiger partial charge in [-0.1, -0.05) is 36.8 Å². The summed E-state index contributed by atoms with van der Waals surface area (Å²) in [5.74, 6) is 0.987. The molecule has 5 rings (SSSR count). The summed E-state index contributed by atoms with van der Waals surface area (Å²) in [6.07, 6.45) is 7.81. The minimum atomic E-state index is -0.481. The molecular weight excluding hydrogens is 410 g/mol. The molecule has 2 heterocycles. The fourth-order valence-electron chi connectivity index (χ4n) is 6.48. The van der Waals surface area contributed by atoms with Crippen molar-refractivity contribution in [2.45, 2.75) is 49.7 Å². The quantitative estimate of drug-likeness (QED) is 0.757. The Bertz CT molecular complexity index is 908. The van der Waals surface area contributed by atoms with Crippen molar-refractivity contribution in [1.82, 2.24) is 9.88 Å². The van der Waals surface area contributed by atoms with Crippen molar-refractivity contribution in [3.05, 3.63) is 65.5 Å². The molecule has 31 heavy (non-hydrogen) atoms. The van der Waals surface area contributed by atoms with Crippen LogP contribution < -0.4 is 5.73 Å². The number of pyridine rings is 1. The predicted molar refractivity (Wildman–Crippen MR) is 123 cm³/mol. The van der Waals surface area contributed by atoms with Crippen LogP contribution >= 0.6 is 12.4 Å². The molecule has 3 fully saturated rings. The van der Waals surface area contributed by atoms with Crippen LogP contribution in [0.1, 0.15) is 59.6 Å². The van der Waals surface area contributed by atoms with Gasteiger partial charge in [-0.25, -0.2) is 0 Å². The SMILES string of the molecule is COC1(c2ccnc(C(N)=O)c2)[C@@H]2CCC[C@H]1CN([C@@H]1CC[C@H]1c1ccccc1)C2.Cl. The van der Waals surface area contributed by atoms with E-state index in [1.807, 2.05) is 19.2 Å². The van der Waals surface area contributed by atoms with Crippen molar-refractivity contribution >= 4 is 18.3 Å². The predicted octanol–water partition coefficient (Wildman–Crippen LogP) is 4.12. The van der Waals surface area contributed by atoms with Crippen molar-refractivity contribution < 1.29 is 9.53 Å². The van der Waals surface area contributed by atoms with Gasteiger partial charge in [-0.05, 0) is 54.9 Å². The number of benzene rings is 1. The van der Waals surface area contributed by atoms with Crippen LogP contribution in [0, 0.1) is 11.8 Å². The lowest BCUT2D eigenvalue weighted by atomic mass is 9.61. The first-order valence-corrected chi connectivity index (χ1v) is 11.2. The maximum Gasteiger partial charge on any atom is 0.267 e. The van der Waals surface area contributed by atoms with Gasteiger partial charge >= 0.3 is 0 Å². The van der Waals surface area contributed by atoms with Gasteiger partial charge in [-0.2, -0.15) is 0 Å². The standard InChI is InChI=1S/C25H31N3O2.ClH/c1-30-25(18-12-13-27-22(14-18)24(26)29)19-8-5-9-20(25)16-28(15-19)23-11-10-21(23)17-6-3-2-4-7-17;/h2-4,6-7,12-14,19-21,23H,5,8-11,15-16H2,1H3,(H2,26,29);1H/t19-,20+,21-,23+,25?;/m0./s1. The highest BCUT2D eigenvalue weighted by Gasteiger charge is 2.55. The minimum Gasteiger partial charge on any atom is -0.373 e. The van der Waals surface area contributed by atoms with Crippen LogP contribution in [0.5, 0.6) is 0 Å². The number of hydrogen-bond donors (Lipinski definition) is 1. The highest BCUT2D eigenvalue weighted by atomic mass is 35.5. The van der Waals surface area contributed by atoms with Gasteiger partial charge in [0.1, 0.15) is 11.3 Å². The minimum absolute atomic E-state index is 0. The molecule has 2 aromatic rings. The number of ether oxygens (including phenoxy) is 1. The van der Waals surface area contributed by atoms with Crippen LogP contribution in [-0.2, 0) is 10.3 Å². The molecule has 2 bridgehead atoms. The van der Waals surface area contributed by atoms with Gasteiger partial charge in [-0.3, -0.25) is 14.7 Å². The molecule has 5 nitrogen and oxygen atoms in total. The molecule has 1 aromatic carbocycles. The number of primary amides is 1. The van der Waals surface area contributed by atoms with Gasteiger partial charge in [-0.15, -0.1) is 12.4 Å². The molecule has 3 aliphatic rings. The van der Waals surface area contributed by atoms with Crippen molar-refractivity contribution in [2.75, 3.05) is 20.2 Å². The number of halogens is 1. The summed E-state index contributed by atoms with van der Waals surface area (Å²) >= 11 is 0. The molecule has 2 N–H and O–H groups in total. The van der Waals surface area contributed by atoms with Gasteiger partial charge in [0, 0.05) is 44.3 Å². The van der Waals surface area contributed by atoms with Crippen LogP contribution in [0.2, 0.25) is 0 Å². The lowest BCUT2D eigenvalue weighted by molar-refractivity contribution is -0.179. The highest BCUT2D eigenvalue weighted by Crippen LogP contribution is 2.53. The molecule has 1 aromatic heterocycles. The summed E-state index contributed by atoms with van der Waals surface area (Å²) < 4.78 is 6.35. The summed E-state index contributed by atoms with van der Waals surface area (Å²) in [7, 11) is 1.83. The van der Waals surface area contributed by atoms with Gasteiger partial charge in [0.05, 0.1) is 0 Å². The highest BCUT2D eigenvalue weighted by molar-refractivity contribution is 5.90. The van der Waals surface area contributed by atoms with E-state index < -0.39 is 5.91 Å². The third kappa shape index (κ3) is 3.67. The number of rotatable bonds is 5. The number of carbonyl (C=O) groups is 1. The topological polar surface area (TPSA) is 68.5 Å². The zero-order valence-corrected chi connectivity index (χ0v) is 18.9. The fourth-order valence-corrected chi connectivity index (χ4v) is 6.48. The van der Waals surface area contributed by atoms with Crippen LogP contribution in [0.4, 0.5) is 0 Å². The molecule has 1 saturated heterocycles. The molecule has 2 aliphatic carbocycles. The van der Waals surface area contributed by atoms with Crippen molar-refractivity contribution in [3.63, 3.8) is 0 Å². The monoisotopic (exact) mass is 441 g/mol. The number of nitrogens with zero attached hydrogens (tertiary/aromatic N) is 2. The summed E-state index contributed by atoms with van der Waals surface area (Å²) in [4.78, 5) is 18.6. The number of likely N-dealkylation sites (tertiary alicyclic amines) is 1. The zero-order valence-electron chi connectivity index (χ0n) is 18.1. The van der Waals surface area contributed by atoms with Gasteiger partial charge in [0.2, 0.25) is 0 Å². The first-order valence-electron chi connectivity index (χ1n) is 11.2. The van der Waals surface area contributed by atoms with Crippen LogP contribution in [0.15, 0.2) is 48.7 Å². The van der Waals surface area contributed by atoms with E-state index >= 15 is 0 Å². The Morgan fingerprint density at radius 1 is 1.10 bits per heavy atom. The molecule has 1 unspecified atom stereocenters. The van der Waals surface area contributed by atoms with E-state index in [0.29, 0.717) is 29.5 Å². The number of nitrogens with two attached hydrogens (primary N) is 1. The molecule has 2 saturated carbocycles. The first kappa shape index (κ1) is 22.3. The second-order valence-electron chi connectivity index (χ2n) is 9.23. The Morgan fingerprint density at radius 3 is 2.39 bits per heavy atom. The van der Waals surface area contributed by atoms with Gasteiger partial charge in [0.15, 0.2) is 0 Å². The largest absolute Gasteiger partial charge is 0.373 e. The maximum atomic E-state index is 11.7. The number of methoxy groups -OCH3 is 1. The second kappa shape index (κ2) is 8.89. The molecule has 5 atom stereocenters. The van der Waals surface area contributed by atoms with Gasteiger partial charge in [0.25, 0.3) is 5.91 Å². The van der Waals surface area contributed by atoms with E-state index in [4.69, 9.17) is 10.5 Å². The molecule has 1 aliphatic heterocycles. The molecule has 6 heteroatoms. The van der Waals surface area contributed by atoms with E-state index in [9.17, 15) is 4.79 Å². The van der Waals surface area contributed by atoms with Crippen molar-refractivity contribution in [3.8, 4) is 0 Å². The summed E-state index contributed by atoms with van der Waals surface area (Å²) in [6.45, 7) is 2.10. The Balaban J connectivity index is 0.00000231. The number of amides is 1. The third-order valence-corrected chi connectivity index (χ3v) is 7.96. The summed E-state index contributed by atoms with van der Waals surface area (Å²) in [6, 6.07) is 15.5. The van der Waals surface area contributed by atoms with Crippen LogP contribution in [0.25, 0.3) is 0 Å². The van der Waals surface area contributed by atoms with E-state index in [1.165, 1.54) is 24.8 Å². The third-order valence-electron chi connectivity index (χ3n) is 7.96. The normalized spacial score (nSPS) is 32.5. The Morgan fingerprint density at radius 2 is 1.81 bits per heavy atom. The zero-order chi connectivity index (χ0) is 20.7. The number of piperidine rings is 1. The fraction of sp³-hybridized carbons (Fsp3) is 0.520. The molecular formula is C25H32ClN3O2. The summed E-state index contributed by atoms with van der Waals surface area (Å²) in [5, 5.41) is 0. The van der Waals surface area contributed by atoms with E-state index in [-0.39, 0.29) is 18.0 Å². The number of hydrogen-bond acceptors (Lipinski definition) is 4. The molecule has 0 spiro atoms. The average molecular weight is 442 g/mol. The Kier molecular flexibility index (Phi) is 6.38. The average Bonchev–Trinajstić information content (AvgIpc) is 2.73. The molecule has 166 valence electrons. The molecule has 1 amide bonds. The van der Waals surface area contributed by atoms with Crippen LogP contribution in [-0.4, -0.2) is 42.0 Å². The number of carbonyl (C=O) groups excluding carboxylic acids is 1. The van der Waals surface area contributed by atoms with Crippen molar-refractivity contribution in [1.29, 1.82) is 0 Å².